The van der Waals surface area contributed by atoms with Crippen LogP contribution in [0.1, 0.15) is 51.0 Å². The predicted octanol–water partition coefficient (Wildman–Crippen LogP) is 4.16. The number of carbonyl (C=O) groups excluding carboxylic acids is 2. The molecule has 2 amide bonds. The summed E-state index contributed by atoms with van der Waals surface area (Å²) in [5.74, 6) is -4.33. The summed E-state index contributed by atoms with van der Waals surface area (Å²) < 4.78 is 47.2. The van der Waals surface area contributed by atoms with Gasteiger partial charge in [-0.3, -0.25) is 9.59 Å². The van der Waals surface area contributed by atoms with Crippen LogP contribution in [0.3, 0.4) is 0 Å². The first kappa shape index (κ1) is 22.8. The third kappa shape index (κ3) is 4.91. The number of nitrogens with zero attached hydrogens (tertiary/aromatic N) is 2. The molecule has 168 valence electrons. The van der Waals surface area contributed by atoms with Gasteiger partial charge < -0.3 is 14.7 Å². The maximum Gasteiger partial charge on any atom is 0.279 e. The standard InChI is InChI=1S/C22H26F3N3O3/c1-11(2)7-14-10-28(17(8-12(3)4)21(29)26-14)22(30)19-18(25)20(31-27-19)15-6-5-13(23)9-16(15)24/h5-6,9,11-12,14,17H,7-8,10H2,1-4H3,(H,26,29)/t14-,17-/m0/s1. The van der Waals surface area contributed by atoms with E-state index in [2.05, 4.69) is 10.5 Å². The second-order valence-electron chi connectivity index (χ2n) is 8.74. The van der Waals surface area contributed by atoms with Gasteiger partial charge in [-0.1, -0.05) is 32.9 Å². The van der Waals surface area contributed by atoms with Crippen LogP contribution in [0.2, 0.25) is 0 Å². The summed E-state index contributed by atoms with van der Waals surface area (Å²) in [7, 11) is 0. The molecule has 9 heteroatoms. The minimum atomic E-state index is -1.15. The Morgan fingerprint density at radius 3 is 2.48 bits per heavy atom. The Labute approximate surface area is 178 Å². The summed E-state index contributed by atoms with van der Waals surface area (Å²) in [5, 5.41) is 6.46. The summed E-state index contributed by atoms with van der Waals surface area (Å²) >= 11 is 0. The van der Waals surface area contributed by atoms with Crippen LogP contribution in [-0.4, -0.2) is 40.5 Å². The molecule has 0 spiro atoms. The average molecular weight is 437 g/mol. The van der Waals surface area contributed by atoms with E-state index >= 15 is 4.39 Å². The molecule has 1 aliphatic heterocycles. The molecule has 0 unspecified atom stereocenters. The van der Waals surface area contributed by atoms with E-state index in [1.54, 1.807) is 0 Å². The van der Waals surface area contributed by atoms with E-state index in [4.69, 9.17) is 4.52 Å². The third-order valence-corrected chi connectivity index (χ3v) is 5.17. The van der Waals surface area contributed by atoms with Crippen molar-refractivity contribution >= 4 is 11.8 Å². The van der Waals surface area contributed by atoms with Gasteiger partial charge in [0.15, 0.2) is 0 Å². The number of hydrogen-bond donors (Lipinski definition) is 1. The molecule has 2 aromatic rings. The van der Waals surface area contributed by atoms with Crippen LogP contribution in [0.4, 0.5) is 13.2 Å². The fraction of sp³-hybridized carbons (Fsp3) is 0.500. The van der Waals surface area contributed by atoms with E-state index in [1.807, 2.05) is 27.7 Å². The fourth-order valence-corrected chi connectivity index (χ4v) is 3.85. The predicted molar refractivity (Wildman–Crippen MR) is 107 cm³/mol. The molecule has 31 heavy (non-hydrogen) atoms. The SMILES string of the molecule is CC(C)C[C@H]1CN(C(=O)c2noc(-c3ccc(F)cc3F)c2F)[C@@H](CC(C)C)C(=O)N1. The molecule has 1 saturated heterocycles. The van der Waals surface area contributed by atoms with Gasteiger partial charge >= 0.3 is 0 Å². The van der Waals surface area contributed by atoms with Crippen molar-refractivity contribution in [3.05, 3.63) is 41.3 Å². The minimum Gasteiger partial charge on any atom is -0.352 e. The number of halogens is 3. The molecule has 0 radical (unpaired) electrons. The summed E-state index contributed by atoms with van der Waals surface area (Å²) in [6, 6.07) is 1.49. The minimum absolute atomic E-state index is 0.110. The first-order valence-electron chi connectivity index (χ1n) is 10.3. The van der Waals surface area contributed by atoms with Gasteiger partial charge in [0.05, 0.1) is 5.56 Å². The number of aromatic nitrogens is 1. The molecular formula is C22H26F3N3O3. The van der Waals surface area contributed by atoms with Crippen molar-refractivity contribution < 1.29 is 27.3 Å². The highest BCUT2D eigenvalue weighted by atomic mass is 19.1. The highest BCUT2D eigenvalue weighted by Crippen LogP contribution is 2.30. The number of amides is 2. The second-order valence-corrected chi connectivity index (χ2v) is 8.74. The summed E-state index contributed by atoms with van der Waals surface area (Å²) in [6.45, 7) is 8.04. The van der Waals surface area contributed by atoms with Crippen molar-refractivity contribution in [2.45, 2.75) is 52.6 Å². The third-order valence-electron chi connectivity index (χ3n) is 5.17. The van der Waals surface area contributed by atoms with E-state index in [9.17, 15) is 18.4 Å². The van der Waals surface area contributed by atoms with Crippen molar-refractivity contribution in [2.24, 2.45) is 11.8 Å². The number of carbonyl (C=O) groups is 2. The number of benzene rings is 1. The van der Waals surface area contributed by atoms with Gasteiger partial charge in [-0.05, 0) is 36.8 Å². The van der Waals surface area contributed by atoms with E-state index in [0.29, 0.717) is 18.9 Å². The van der Waals surface area contributed by atoms with Gasteiger partial charge in [0.25, 0.3) is 5.91 Å². The molecule has 0 aliphatic carbocycles. The van der Waals surface area contributed by atoms with Crippen molar-refractivity contribution in [1.82, 2.24) is 15.4 Å². The number of rotatable bonds is 6. The molecule has 3 rings (SSSR count). The van der Waals surface area contributed by atoms with Crippen LogP contribution in [0.5, 0.6) is 0 Å². The van der Waals surface area contributed by atoms with Crippen LogP contribution < -0.4 is 5.32 Å². The molecule has 1 aromatic carbocycles. The van der Waals surface area contributed by atoms with Crippen LogP contribution in [0, 0.1) is 29.3 Å². The van der Waals surface area contributed by atoms with Crippen LogP contribution in [0.15, 0.2) is 22.7 Å². The fourth-order valence-electron chi connectivity index (χ4n) is 3.85. The summed E-state index contributed by atoms with van der Waals surface area (Å²) in [6.07, 6.45) is 1.04. The maximum atomic E-state index is 15.0. The molecule has 0 saturated carbocycles. The molecule has 1 aromatic heterocycles. The van der Waals surface area contributed by atoms with Gasteiger partial charge in [0, 0.05) is 18.7 Å². The van der Waals surface area contributed by atoms with Gasteiger partial charge in [-0.15, -0.1) is 0 Å². The monoisotopic (exact) mass is 437 g/mol. The molecule has 0 bridgehead atoms. The zero-order valence-electron chi connectivity index (χ0n) is 17.9. The zero-order valence-corrected chi connectivity index (χ0v) is 17.9. The Bertz CT molecular complexity index is 974. The van der Waals surface area contributed by atoms with Crippen molar-refractivity contribution in [2.75, 3.05) is 6.54 Å². The van der Waals surface area contributed by atoms with Crippen molar-refractivity contribution in [3.63, 3.8) is 0 Å². The highest BCUT2D eigenvalue weighted by Gasteiger charge is 2.40. The van der Waals surface area contributed by atoms with E-state index < -0.39 is 40.9 Å². The highest BCUT2D eigenvalue weighted by molar-refractivity contribution is 5.97. The van der Waals surface area contributed by atoms with Crippen molar-refractivity contribution in [1.29, 1.82) is 0 Å². The molecule has 6 nitrogen and oxygen atoms in total. The summed E-state index contributed by atoms with van der Waals surface area (Å²) in [5.41, 5.74) is -0.983. The Kier molecular flexibility index (Phi) is 6.71. The Morgan fingerprint density at radius 2 is 1.87 bits per heavy atom. The van der Waals surface area contributed by atoms with E-state index in [0.717, 1.165) is 12.1 Å². The molecule has 1 aliphatic rings. The molecule has 1 fully saturated rings. The van der Waals surface area contributed by atoms with Crippen LogP contribution in [0.25, 0.3) is 11.3 Å². The molecular weight excluding hydrogens is 411 g/mol. The van der Waals surface area contributed by atoms with Crippen molar-refractivity contribution in [3.8, 4) is 11.3 Å². The quantitative estimate of drug-likeness (QED) is 0.736. The summed E-state index contributed by atoms with van der Waals surface area (Å²) in [4.78, 5) is 27.2. The topological polar surface area (TPSA) is 75.4 Å². The van der Waals surface area contributed by atoms with Gasteiger partial charge in [0.2, 0.25) is 23.2 Å². The first-order valence-corrected chi connectivity index (χ1v) is 10.3. The second kappa shape index (κ2) is 9.11. The number of nitrogens with one attached hydrogen (secondary N) is 1. The molecule has 1 N–H and O–H groups in total. The van der Waals surface area contributed by atoms with Gasteiger partial charge in [-0.25, -0.2) is 8.78 Å². The molecule has 2 heterocycles. The van der Waals surface area contributed by atoms with Gasteiger partial charge in [-0.2, -0.15) is 4.39 Å². The van der Waals surface area contributed by atoms with Crippen LogP contribution in [-0.2, 0) is 4.79 Å². The van der Waals surface area contributed by atoms with E-state index in [-0.39, 0.29) is 35.9 Å². The lowest BCUT2D eigenvalue weighted by Crippen LogP contribution is -2.62. The maximum absolute atomic E-state index is 15.0. The lowest BCUT2D eigenvalue weighted by molar-refractivity contribution is -0.130. The average Bonchev–Trinajstić information content (AvgIpc) is 3.03. The largest absolute Gasteiger partial charge is 0.352 e. The lowest BCUT2D eigenvalue weighted by atomic mass is 9.94. The number of hydrogen-bond acceptors (Lipinski definition) is 4. The lowest BCUT2D eigenvalue weighted by Gasteiger charge is -2.40. The smallest absolute Gasteiger partial charge is 0.279 e. The van der Waals surface area contributed by atoms with E-state index in [1.165, 1.54) is 4.90 Å². The Hall–Kier alpha value is -2.84. The Balaban J connectivity index is 1.94. The first-order chi connectivity index (χ1) is 14.6. The van der Waals surface area contributed by atoms with Crippen LogP contribution >= 0.6 is 0 Å². The normalized spacial score (nSPS) is 19.3. The molecule has 2 atom stereocenters. The zero-order chi connectivity index (χ0) is 22.9. The number of piperazine rings is 1. The van der Waals surface area contributed by atoms with Gasteiger partial charge in [0.1, 0.15) is 17.7 Å². The Morgan fingerprint density at radius 1 is 1.19 bits per heavy atom.